The molecular formula is C31H35N3O6. The van der Waals surface area contributed by atoms with Crippen molar-refractivity contribution in [2.45, 2.75) is 51.8 Å². The Balaban J connectivity index is 1.50. The fourth-order valence-corrected chi connectivity index (χ4v) is 4.30. The average molecular weight is 546 g/mol. The molecular weight excluding hydrogens is 510 g/mol. The predicted octanol–water partition coefficient (Wildman–Crippen LogP) is 4.58. The van der Waals surface area contributed by atoms with Gasteiger partial charge in [-0.25, -0.2) is 14.3 Å². The van der Waals surface area contributed by atoms with Gasteiger partial charge in [0, 0.05) is 6.42 Å². The molecule has 9 heteroatoms. The van der Waals surface area contributed by atoms with Gasteiger partial charge in [-0.3, -0.25) is 4.57 Å². The van der Waals surface area contributed by atoms with Crippen LogP contribution in [0.15, 0.2) is 77.6 Å². The normalized spacial score (nSPS) is 11.3. The summed E-state index contributed by atoms with van der Waals surface area (Å²) < 4.78 is 19.4. The molecule has 1 heterocycles. The molecule has 0 spiro atoms. The Morgan fingerprint density at radius 2 is 1.48 bits per heavy atom. The first kappa shape index (κ1) is 28.5. The van der Waals surface area contributed by atoms with E-state index in [-0.39, 0.29) is 5.69 Å². The minimum Gasteiger partial charge on any atom is -0.497 e. The third-order valence-electron chi connectivity index (χ3n) is 6.64. The van der Waals surface area contributed by atoms with E-state index in [0.29, 0.717) is 31.1 Å². The van der Waals surface area contributed by atoms with Gasteiger partial charge in [-0.1, -0.05) is 36.4 Å². The van der Waals surface area contributed by atoms with Crippen molar-refractivity contribution in [3.8, 4) is 17.2 Å². The van der Waals surface area contributed by atoms with Crippen LogP contribution in [0.3, 0.4) is 0 Å². The fraction of sp³-hybridized carbons (Fsp3) is 0.323. The SMILES string of the molecule is COc1ccc(Cn2c(CCCc3ccc(OC(C)(C)C(=O)O)cc3)nn(Cc3cccc(OC)c3)c2=O)cc1. The number of methoxy groups -OCH3 is 2. The molecule has 0 radical (unpaired) electrons. The molecule has 0 aliphatic carbocycles. The first-order chi connectivity index (χ1) is 19.2. The number of aryl methyl sites for hydroxylation is 2. The Morgan fingerprint density at radius 3 is 2.12 bits per heavy atom. The van der Waals surface area contributed by atoms with Gasteiger partial charge >= 0.3 is 11.7 Å². The Kier molecular flexibility index (Phi) is 8.93. The molecule has 9 nitrogen and oxygen atoms in total. The lowest BCUT2D eigenvalue weighted by Gasteiger charge is -2.21. The number of hydrogen-bond donors (Lipinski definition) is 1. The maximum absolute atomic E-state index is 13.5. The van der Waals surface area contributed by atoms with Gasteiger partial charge in [-0.2, -0.15) is 5.10 Å². The van der Waals surface area contributed by atoms with Crippen LogP contribution in [0.25, 0.3) is 0 Å². The third-order valence-corrected chi connectivity index (χ3v) is 6.64. The van der Waals surface area contributed by atoms with E-state index >= 15 is 0 Å². The van der Waals surface area contributed by atoms with Crippen molar-refractivity contribution in [1.82, 2.24) is 14.3 Å². The van der Waals surface area contributed by atoms with Crippen molar-refractivity contribution in [2.24, 2.45) is 0 Å². The van der Waals surface area contributed by atoms with Gasteiger partial charge in [0.05, 0.1) is 27.3 Å². The van der Waals surface area contributed by atoms with Crippen molar-refractivity contribution in [3.63, 3.8) is 0 Å². The summed E-state index contributed by atoms with van der Waals surface area (Å²) in [6.07, 6.45) is 2.15. The van der Waals surface area contributed by atoms with Crippen LogP contribution < -0.4 is 19.9 Å². The van der Waals surface area contributed by atoms with Crippen molar-refractivity contribution in [2.75, 3.05) is 14.2 Å². The van der Waals surface area contributed by atoms with Crippen LogP contribution in [-0.2, 0) is 30.7 Å². The zero-order valence-corrected chi connectivity index (χ0v) is 23.3. The second kappa shape index (κ2) is 12.5. The molecule has 0 saturated carbocycles. The monoisotopic (exact) mass is 545 g/mol. The number of hydrogen-bond acceptors (Lipinski definition) is 6. The van der Waals surface area contributed by atoms with Gasteiger partial charge in [0.2, 0.25) is 0 Å². The van der Waals surface area contributed by atoms with Crippen LogP contribution in [-0.4, -0.2) is 45.2 Å². The van der Waals surface area contributed by atoms with Crippen LogP contribution in [0, 0.1) is 0 Å². The minimum absolute atomic E-state index is 0.170. The molecule has 0 aliphatic heterocycles. The third kappa shape index (κ3) is 7.11. The molecule has 0 amide bonds. The van der Waals surface area contributed by atoms with E-state index in [4.69, 9.17) is 19.3 Å². The standard InChI is InChI=1S/C31H35N3O6/c1-31(2,29(35)36)40-26-17-11-22(12-18-26)7-6-10-28-32-34(21-24-8-5-9-27(19-24)39-4)30(37)33(28)20-23-13-15-25(38-3)16-14-23/h5,8-9,11-19H,6-7,10,20-21H2,1-4H3,(H,35,36). The molecule has 40 heavy (non-hydrogen) atoms. The number of carboxylic acids is 1. The Bertz CT molecular complexity index is 1490. The molecule has 4 rings (SSSR count). The van der Waals surface area contributed by atoms with E-state index in [1.54, 1.807) is 30.9 Å². The number of nitrogens with zero attached hydrogens (tertiary/aromatic N) is 3. The van der Waals surface area contributed by atoms with Gasteiger partial charge in [-0.05, 0) is 79.8 Å². The molecule has 3 aromatic carbocycles. The van der Waals surface area contributed by atoms with Crippen LogP contribution in [0.4, 0.5) is 0 Å². The number of ether oxygens (including phenoxy) is 3. The summed E-state index contributed by atoms with van der Waals surface area (Å²) in [6.45, 7) is 3.78. The fourth-order valence-electron chi connectivity index (χ4n) is 4.30. The highest BCUT2D eigenvalue weighted by atomic mass is 16.5. The van der Waals surface area contributed by atoms with Crippen molar-refractivity contribution >= 4 is 5.97 Å². The van der Waals surface area contributed by atoms with Gasteiger partial charge in [0.15, 0.2) is 5.60 Å². The molecule has 1 N–H and O–H groups in total. The predicted molar refractivity (Wildman–Crippen MR) is 151 cm³/mol. The van der Waals surface area contributed by atoms with E-state index in [9.17, 15) is 14.7 Å². The number of aliphatic carboxylic acids is 1. The summed E-state index contributed by atoms with van der Waals surface area (Å²) in [6, 6.07) is 22.7. The first-order valence-corrected chi connectivity index (χ1v) is 13.1. The molecule has 0 fully saturated rings. The summed E-state index contributed by atoms with van der Waals surface area (Å²) >= 11 is 0. The highest BCUT2D eigenvalue weighted by molar-refractivity contribution is 5.76. The lowest BCUT2D eigenvalue weighted by Crippen LogP contribution is -2.37. The van der Waals surface area contributed by atoms with E-state index in [0.717, 1.165) is 41.0 Å². The van der Waals surface area contributed by atoms with E-state index < -0.39 is 11.6 Å². The molecule has 0 unspecified atom stereocenters. The Morgan fingerprint density at radius 1 is 0.825 bits per heavy atom. The maximum atomic E-state index is 13.5. The summed E-state index contributed by atoms with van der Waals surface area (Å²) in [5, 5.41) is 14.0. The van der Waals surface area contributed by atoms with Crippen molar-refractivity contribution in [3.05, 3.63) is 106 Å². The minimum atomic E-state index is -1.31. The highest BCUT2D eigenvalue weighted by Crippen LogP contribution is 2.20. The summed E-state index contributed by atoms with van der Waals surface area (Å²) in [5.74, 6) is 1.68. The molecule has 4 aromatic rings. The summed E-state index contributed by atoms with van der Waals surface area (Å²) in [5.41, 5.74) is 1.51. The molecule has 0 aliphatic rings. The quantitative estimate of drug-likeness (QED) is 0.262. The molecule has 0 bridgehead atoms. The largest absolute Gasteiger partial charge is 0.497 e. The number of benzene rings is 3. The van der Waals surface area contributed by atoms with Crippen molar-refractivity contribution in [1.29, 1.82) is 0 Å². The second-order valence-corrected chi connectivity index (χ2v) is 10.1. The summed E-state index contributed by atoms with van der Waals surface area (Å²) in [7, 11) is 3.24. The number of rotatable bonds is 13. The van der Waals surface area contributed by atoms with Gasteiger partial charge < -0.3 is 19.3 Å². The molecule has 0 atom stereocenters. The van der Waals surface area contributed by atoms with E-state index in [1.165, 1.54) is 18.5 Å². The zero-order chi connectivity index (χ0) is 28.7. The number of aromatic nitrogens is 3. The van der Waals surface area contributed by atoms with E-state index in [2.05, 4.69) is 0 Å². The molecule has 0 saturated heterocycles. The maximum Gasteiger partial charge on any atom is 0.347 e. The van der Waals surface area contributed by atoms with Gasteiger partial charge in [0.1, 0.15) is 23.1 Å². The van der Waals surface area contributed by atoms with Crippen molar-refractivity contribution < 1.29 is 24.1 Å². The van der Waals surface area contributed by atoms with Crippen LogP contribution >= 0.6 is 0 Å². The van der Waals surface area contributed by atoms with Crippen LogP contribution in [0.5, 0.6) is 17.2 Å². The average Bonchev–Trinajstić information content (AvgIpc) is 3.23. The smallest absolute Gasteiger partial charge is 0.347 e. The molecule has 210 valence electrons. The lowest BCUT2D eigenvalue weighted by molar-refractivity contribution is -0.152. The Labute approximate surface area is 233 Å². The topological polar surface area (TPSA) is 105 Å². The second-order valence-electron chi connectivity index (χ2n) is 10.1. The summed E-state index contributed by atoms with van der Waals surface area (Å²) in [4.78, 5) is 24.8. The van der Waals surface area contributed by atoms with Gasteiger partial charge in [0.25, 0.3) is 0 Å². The van der Waals surface area contributed by atoms with E-state index in [1.807, 2.05) is 60.7 Å². The number of carbonyl (C=O) groups is 1. The first-order valence-electron chi connectivity index (χ1n) is 13.1. The molecule has 1 aromatic heterocycles. The highest BCUT2D eigenvalue weighted by Gasteiger charge is 2.29. The van der Waals surface area contributed by atoms with Crippen LogP contribution in [0.1, 0.15) is 42.8 Å². The van der Waals surface area contributed by atoms with Gasteiger partial charge in [-0.15, -0.1) is 0 Å². The zero-order valence-electron chi connectivity index (χ0n) is 23.3. The van der Waals surface area contributed by atoms with Crippen LogP contribution in [0.2, 0.25) is 0 Å². The lowest BCUT2D eigenvalue weighted by atomic mass is 10.1. The number of carboxylic acid groups (broad SMARTS) is 1. The Hall–Kier alpha value is -4.53.